The summed E-state index contributed by atoms with van der Waals surface area (Å²) in [5.74, 6) is 0.822. The fourth-order valence-corrected chi connectivity index (χ4v) is 5.26. The van der Waals surface area contributed by atoms with E-state index in [1.54, 1.807) is 11.1 Å². The van der Waals surface area contributed by atoms with Crippen LogP contribution in [0.3, 0.4) is 0 Å². The van der Waals surface area contributed by atoms with Gasteiger partial charge < -0.3 is 5.32 Å². The first kappa shape index (κ1) is 13.7. The molecular formula is C20H29N. The SMILES string of the molecule is CC12CCCCC1(C)c1cc(C3CCCCC3)ccc1N2. The first-order chi connectivity index (χ1) is 10.1. The molecule has 21 heavy (non-hydrogen) atoms. The van der Waals surface area contributed by atoms with Crippen LogP contribution in [0.1, 0.15) is 88.7 Å². The van der Waals surface area contributed by atoms with E-state index in [4.69, 9.17) is 0 Å². The molecule has 0 bridgehead atoms. The van der Waals surface area contributed by atoms with Gasteiger partial charge in [-0.3, -0.25) is 0 Å². The van der Waals surface area contributed by atoms with Gasteiger partial charge in [-0.1, -0.05) is 51.2 Å². The summed E-state index contributed by atoms with van der Waals surface area (Å²) in [5.41, 5.74) is 5.27. The molecule has 3 aliphatic rings. The second-order valence-electron chi connectivity index (χ2n) is 8.14. The van der Waals surface area contributed by atoms with E-state index in [-0.39, 0.29) is 5.54 Å². The predicted octanol–water partition coefficient (Wildman–Crippen LogP) is 5.75. The van der Waals surface area contributed by atoms with E-state index in [1.807, 2.05) is 0 Å². The molecule has 0 amide bonds. The molecule has 2 aliphatic carbocycles. The number of nitrogens with one attached hydrogen (secondary N) is 1. The van der Waals surface area contributed by atoms with Gasteiger partial charge in [0.25, 0.3) is 0 Å². The molecule has 4 rings (SSSR count). The molecule has 2 saturated carbocycles. The molecule has 1 N–H and O–H groups in total. The van der Waals surface area contributed by atoms with Crippen molar-refractivity contribution in [2.45, 2.75) is 88.5 Å². The van der Waals surface area contributed by atoms with Gasteiger partial charge in [-0.2, -0.15) is 0 Å². The van der Waals surface area contributed by atoms with Crippen molar-refractivity contribution in [1.82, 2.24) is 0 Å². The summed E-state index contributed by atoms with van der Waals surface area (Å²) in [6.45, 7) is 4.96. The minimum atomic E-state index is 0.277. The molecule has 1 heterocycles. The Morgan fingerprint density at radius 3 is 2.52 bits per heavy atom. The number of rotatable bonds is 1. The second-order valence-corrected chi connectivity index (χ2v) is 8.14. The van der Waals surface area contributed by atoms with Crippen LogP contribution in [-0.2, 0) is 5.41 Å². The van der Waals surface area contributed by atoms with Gasteiger partial charge >= 0.3 is 0 Å². The molecule has 2 unspecified atom stereocenters. The average Bonchev–Trinajstić information content (AvgIpc) is 2.75. The van der Waals surface area contributed by atoms with Crippen molar-refractivity contribution in [3.05, 3.63) is 29.3 Å². The van der Waals surface area contributed by atoms with E-state index < -0.39 is 0 Å². The minimum absolute atomic E-state index is 0.277. The van der Waals surface area contributed by atoms with Crippen LogP contribution in [0.5, 0.6) is 0 Å². The minimum Gasteiger partial charge on any atom is -0.379 e. The third-order valence-corrected chi connectivity index (χ3v) is 6.95. The number of benzene rings is 1. The standard InChI is InChI=1S/C20H29N/c1-19-12-6-7-13-20(19,2)21-18-11-10-16(14-17(18)19)15-8-4-3-5-9-15/h10-11,14-15,21H,3-9,12-13H2,1-2H3. The zero-order valence-electron chi connectivity index (χ0n) is 13.7. The third-order valence-electron chi connectivity index (χ3n) is 6.95. The normalized spacial score (nSPS) is 35.9. The maximum absolute atomic E-state index is 3.88. The Labute approximate surface area is 129 Å². The van der Waals surface area contributed by atoms with Gasteiger partial charge in [0.15, 0.2) is 0 Å². The van der Waals surface area contributed by atoms with Crippen molar-refractivity contribution in [1.29, 1.82) is 0 Å². The summed E-state index contributed by atoms with van der Waals surface area (Å²) in [7, 11) is 0. The Hall–Kier alpha value is -0.980. The van der Waals surface area contributed by atoms with Crippen LogP contribution < -0.4 is 5.32 Å². The number of anilines is 1. The lowest BCUT2D eigenvalue weighted by atomic mass is 9.62. The maximum atomic E-state index is 3.88. The molecule has 2 fully saturated rings. The topological polar surface area (TPSA) is 12.0 Å². The monoisotopic (exact) mass is 283 g/mol. The van der Waals surface area contributed by atoms with Gasteiger partial charge in [-0.15, -0.1) is 0 Å². The highest BCUT2D eigenvalue weighted by atomic mass is 15.0. The van der Waals surface area contributed by atoms with Crippen LogP contribution in [0, 0.1) is 0 Å². The van der Waals surface area contributed by atoms with Crippen molar-refractivity contribution < 1.29 is 0 Å². The van der Waals surface area contributed by atoms with Crippen LogP contribution in [0.15, 0.2) is 18.2 Å². The molecule has 1 heteroatoms. The van der Waals surface area contributed by atoms with E-state index in [0.29, 0.717) is 5.41 Å². The highest BCUT2D eigenvalue weighted by Crippen LogP contribution is 2.55. The first-order valence-electron chi connectivity index (χ1n) is 9.05. The lowest BCUT2D eigenvalue weighted by Crippen LogP contribution is -2.50. The first-order valence-corrected chi connectivity index (χ1v) is 9.05. The summed E-state index contributed by atoms with van der Waals surface area (Å²) >= 11 is 0. The van der Waals surface area contributed by atoms with E-state index in [2.05, 4.69) is 37.4 Å². The zero-order valence-corrected chi connectivity index (χ0v) is 13.7. The van der Waals surface area contributed by atoms with Crippen molar-refractivity contribution in [2.24, 2.45) is 0 Å². The highest BCUT2D eigenvalue weighted by Gasteiger charge is 2.52. The lowest BCUT2D eigenvalue weighted by Gasteiger charge is -2.45. The summed E-state index contributed by atoms with van der Waals surface area (Å²) in [6.07, 6.45) is 12.5. The molecule has 1 aromatic carbocycles. The van der Waals surface area contributed by atoms with Gasteiger partial charge in [0.05, 0.1) is 0 Å². The van der Waals surface area contributed by atoms with Gasteiger partial charge in [0.2, 0.25) is 0 Å². The second kappa shape index (κ2) is 4.76. The third kappa shape index (κ3) is 1.96. The van der Waals surface area contributed by atoms with Gasteiger partial charge in [0, 0.05) is 16.6 Å². The van der Waals surface area contributed by atoms with E-state index >= 15 is 0 Å². The van der Waals surface area contributed by atoms with Gasteiger partial charge in [0.1, 0.15) is 0 Å². The molecule has 0 radical (unpaired) electrons. The summed E-state index contributed by atoms with van der Waals surface area (Å²) < 4.78 is 0. The van der Waals surface area contributed by atoms with Crippen LogP contribution in [0.4, 0.5) is 5.69 Å². The van der Waals surface area contributed by atoms with Crippen molar-refractivity contribution in [3.8, 4) is 0 Å². The fourth-order valence-electron chi connectivity index (χ4n) is 5.26. The summed E-state index contributed by atoms with van der Waals surface area (Å²) in [6, 6.07) is 7.37. The Balaban J connectivity index is 1.73. The highest BCUT2D eigenvalue weighted by molar-refractivity contribution is 5.65. The molecule has 0 spiro atoms. The zero-order chi connectivity index (χ0) is 14.5. The largest absolute Gasteiger partial charge is 0.379 e. The molecule has 2 atom stereocenters. The van der Waals surface area contributed by atoms with E-state index in [9.17, 15) is 0 Å². The van der Waals surface area contributed by atoms with Crippen LogP contribution in [-0.4, -0.2) is 5.54 Å². The van der Waals surface area contributed by atoms with Crippen molar-refractivity contribution >= 4 is 5.69 Å². The molecule has 0 aromatic heterocycles. The Morgan fingerprint density at radius 1 is 0.952 bits per heavy atom. The summed E-state index contributed by atoms with van der Waals surface area (Å²) in [5, 5.41) is 3.88. The van der Waals surface area contributed by atoms with Gasteiger partial charge in [-0.05, 0) is 55.7 Å². The van der Waals surface area contributed by atoms with E-state index in [1.165, 1.54) is 63.5 Å². The number of hydrogen-bond acceptors (Lipinski definition) is 1. The fraction of sp³-hybridized carbons (Fsp3) is 0.700. The van der Waals surface area contributed by atoms with E-state index in [0.717, 1.165) is 5.92 Å². The molecule has 1 aromatic rings. The molecule has 1 nitrogen and oxygen atoms in total. The Bertz CT molecular complexity index is 543. The van der Waals surface area contributed by atoms with Crippen LogP contribution in [0.2, 0.25) is 0 Å². The number of fused-ring (bicyclic) bond motifs is 3. The average molecular weight is 283 g/mol. The summed E-state index contributed by atoms with van der Waals surface area (Å²) in [4.78, 5) is 0. The number of hydrogen-bond donors (Lipinski definition) is 1. The van der Waals surface area contributed by atoms with Crippen LogP contribution in [0.25, 0.3) is 0 Å². The van der Waals surface area contributed by atoms with Crippen molar-refractivity contribution in [2.75, 3.05) is 5.32 Å². The Morgan fingerprint density at radius 2 is 1.71 bits per heavy atom. The quantitative estimate of drug-likeness (QED) is 0.692. The molecule has 0 saturated heterocycles. The Kier molecular flexibility index (Phi) is 3.10. The van der Waals surface area contributed by atoms with Gasteiger partial charge in [-0.25, -0.2) is 0 Å². The predicted molar refractivity (Wildman–Crippen MR) is 90.1 cm³/mol. The molecular weight excluding hydrogens is 254 g/mol. The van der Waals surface area contributed by atoms with Crippen molar-refractivity contribution in [3.63, 3.8) is 0 Å². The maximum Gasteiger partial charge on any atom is 0.0440 e. The molecule has 114 valence electrons. The van der Waals surface area contributed by atoms with Crippen LogP contribution >= 0.6 is 0 Å². The lowest BCUT2D eigenvalue weighted by molar-refractivity contribution is 0.214. The smallest absolute Gasteiger partial charge is 0.0440 e. The molecule has 1 aliphatic heterocycles.